The molecule has 3 heteroatoms. The quantitative estimate of drug-likeness (QED) is 0.457. The van der Waals surface area contributed by atoms with Crippen LogP contribution in [-0.2, 0) is 0 Å². The Balaban J connectivity index is 2.97. The van der Waals surface area contributed by atoms with Crippen LogP contribution in [0.25, 0.3) is 4.85 Å². The van der Waals surface area contributed by atoms with Gasteiger partial charge in [-0.3, -0.25) is 4.79 Å². The molecule has 1 rings (SSSR count). The van der Waals surface area contributed by atoms with Crippen molar-refractivity contribution in [2.75, 3.05) is 0 Å². The molecule has 0 aliphatic rings. The van der Waals surface area contributed by atoms with E-state index in [-0.39, 0.29) is 10.6 Å². The Hall–Kier alpha value is -1.14. The van der Waals surface area contributed by atoms with Crippen molar-refractivity contribution >= 4 is 27.4 Å². The summed E-state index contributed by atoms with van der Waals surface area (Å²) in [6.07, 6.45) is 0.751. The summed E-state index contributed by atoms with van der Waals surface area (Å²) in [7, 11) is 0. The molecule has 0 fully saturated rings. The van der Waals surface area contributed by atoms with Gasteiger partial charge >= 0.3 is 0 Å². The monoisotopic (exact) mass is 251 g/mol. The van der Waals surface area contributed by atoms with E-state index in [2.05, 4.69) is 20.8 Å². The van der Waals surface area contributed by atoms with Gasteiger partial charge in [0.15, 0.2) is 11.5 Å². The lowest BCUT2D eigenvalue weighted by Crippen LogP contribution is -2.12. The summed E-state index contributed by atoms with van der Waals surface area (Å²) in [6, 6.07) is 6.79. The van der Waals surface area contributed by atoms with E-state index in [1.165, 1.54) is 0 Å². The Kier molecular flexibility index (Phi) is 3.84. The van der Waals surface area contributed by atoms with E-state index < -0.39 is 0 Å². The first-order chi connectivity index (χ1) is 6.69. The lowest BCUT2D eigenvalue weighted by atomic mass is 10.1. The number of hydrogen-bond donors (Lipinski definition) is 0. The molecule has 0 saturated heterocycles. The van der Waals surface area contributed by atoms with Gasteiger partial charge in [-0.2, -0.15) is 0 Å². The molecule has 0 aliphatic heterocycles. The molecule has 0 heterocycles. The van der Waals surface area contributed by atoms with Gasteiger partial charge in [-0.25, -0.2) is 4.85 Å². The molecule has 1 aromatic rings. The molecule has 0 spiro atoms. The molecule has 0 radical (unpaired) electrons. The van der Waals surface area contributed by atoms with Gasteiger partial charge < -0.3 is 0 Å². The van der Waals surface area contributed by atoms with Crippen LogP contribution in [0.4, 0.5) is 5.69 Å². The first-order valence-corrected chi connectivity index (χ1v) is 5.26. The molecule has 0 aliphatic carbocycles. The van der Waals surface area contributed by atoms with E-state index in [4.69, 9.17) is 6.57 Å². The van der Waals surface area contributed by atoms with E-state index >= 15 is 0 Å². The third-order valence-electron chi connectivity index (χ3n) is 1.90. The summed E-state index contributed by atoms with van der Waals surface area (Å²) in [5.74, 6) is 0.0398. The van der Waals surface area contributed by atoms with Gasteiger partial charge in [-0.05, 0) is 12.5 Å². The SMILES string of the molecule is [C-]#[N+]c1cccc(C(=O)C(Br)CC)c1. The molecule has 0 amide bonds. The molecule has 0 aromatic heterocycles. The van der Waals surface area contributed by atoms with Crippen molar-refractivity contribution < 1.29 is 4.79 Å². The van der Waals surface area contributed by atoms with E-state index in [9.17, 15) is 4.79 Å². The average Bonchev–Trinajstić information content (AvgIpc) is 2.27. The Morgan fingerprint density at radius 1 is 1.64 bits per heavy atom. The molecule has 1 atom stereocenters. The summed E-state index contributed by atoms with van der Waals surface area (Å²) >= 11 is 3.30. The fourth-order valence-corrected chi connectivity index (χ4v) is 1.36. The molecular formula is C11H10BrNO. The molecule has 0 bridgehead atoms. The first kappa shape index (κ1) is 10.9. The number of halogens is 1. The average molecular weight is 252 g/mol. The summed E-state index contributed by atoms with van der Waals surface area (Å²) in [5, 5.41) is 0. The van der Waals surface area contributed by atoms with Crippen LogP contribution < -0.4 is 0 Å². The number of ketones is 1. The molecule has 1 aromatic carbocycles. The fraction of sp³-hybridized carbons (Fsp3) is 0.273. The van der Waals surface area contributed by atoms with E-state index in [0.717, 1.165) is 6.42 Å². The topological polar surface area (TPSA) is 21.4 Å². The highest BCUT2D eigenvalue weighted by molar-refractivity contribution is 9.10. The minimum atomic E-state index is -0.150. The first-order valence-electron chi connectivity index (χ1n) is 4.34. The molecule has 2 nitrogen and oxygen atoms in total. The van der Waals surface area contributed by atoms with Crippen LogP contribution in [0, 0.1) is 6.57 Å². The van der Waals surface area contributed by atoms with Gasteiger partial charge in [0, 0.05) is 5.56 Å². The van der Waals surface area contributed by atoms with Crippen molar-refractivity contribution in [3.63, 3.8) is 0 Å². The van der Waals surface area contributed by atoms with Gasteiger partial charge in [0.1, 0.15) is 0 Å². The van der Waals surface area contributed by atoms with Crippen molar-refractivity contribution in [1.29, 1.82) is 0 Å². The normalized spacial score (nSPS) is 11.8. The Labute approximate surface area is 91.9 Å². The predicted molar refractivity (Wildman–Crippen MR) is 60.0 cm³/mol. The third kappa shape index (κ3) is 2.43. The van der Waals surface area contributed by atoms with Crippen LogP contribution in [0.3, 0.4) is 0 Å². The second-order valence-corrected chi connectivity index (χ2v) is 4.01. The van der Waals surface area contributed by atoms with Crippen LogP contribution in [-0.4, -0.2) is 10.6 Å². The maximum atomic E-state index is 11.7. The van der Waals surface area contributed by atoms with Crippen LogP contribution in [0.5, 0.6) is 0 Å². The van der Waals surface area contributed by atoms with Gasteiger partial charge in [-0.15, -0.1) is 0 Å². The number of alkyl halides is 1. The molecule has 0 N–H and O–H groups in total. The highest BCUT2D eigenvalue weighted by Gasteiger charge is 2.14. The van der Waals surface area contributed by atoms with Gasteiger partial charge in [0.05, 0.1) is 11.4 Å². The van der Waals surface area contributed by atoms with Crippen molar-refractivity contribution in [3.05, 3.63) is 41.2 Å². The summed E-state index contributed by atoms with van der Waals surface area (Å²) in [6.45, 7) is 8.78. The summed E-state index contributed by atoms with van der Waals surface area (Å²) in [4.78, 5) is 14.8. The van der Waals surface area contributed by atoms with Crippen LogP contribution in [0.2, 0.25) is 0 Å². The Morgan fingerprint density at radius 2 is 2.36 bits per heavy atom. The highest BCUT2D eigenvalue weighted by atomic mass is 79.9. The van der Waals surface area contributed by atoms with Crippen molar-refractivity contribution in [2.45, 2.75) is 18.2 Å². The van der Waals surface area contributed by atoms with Gasteiger partial charge in [-0.1, -0.05) is 41.1 Å². The standard InChI is InChI=1S/C11H10BrNO/c1-3-10(12)11(14)8-5-4-6-9(7-8)13-2/h4-7,10H,3H2,1H3. The van der Waals surface area contributed by atoms with E-state index in [1.54, 1.807) is 24.3 Å². The highest BCUT2D eigenvalue weighted by Crippen LogP contribution is 2.18. The molecule has 14 heavy (non-hydrogen) atoms. The van der Waals surface area contributed by atoms with E-state index in [1.807, 2.05) is 6.92 Å². The van der Waals surface area contributed by atoms with Crippen LogP contribution in [0.15, 0.2) is 24.3 Å². The minimum absolute atomic E-state index is 0.0398. The maximum absolute atomic E-state index is 11.7. The number of hydrogen-bond acceptors (Lipinski definition) is 1. The minimum Gasteiger partial charge on any atom is -0.293 e. The third-order valence-corrected chi connectivity index (χ3v) is 2.97. The number of benzene rings is 1. The predicted octanol–water partition coefficient (Wildman–Crippen LogP) is 3.59. The largest absolute Gasteiger partial charge is 0.293 e. The summed E-state index contributed by atoms with van der Waals surface area (Å²) < 4.78 is 0. The fourth-order valence-electron chi connectivity index (χ4n) is 1.09. The van der Waals surface area contributed by atoms with Crippen LogP contribution >= 0.6 is 15.9 Å². The molecular weight excluding hydrogens is 242 g/mol. The van der Waals surface area contributed by atoms with Crippen molar-refractivity contribution in [1.82, 2.24) is 0 Å². The van der Waals surface area contributed by atoms with Crippen LogP contribution in [0.1, 0.15) is 23.7 Å². The zero-order valence-corrected chi connectivity index (χ0v) is 9.41. The van der Waals surface area contributed by atoms with Crippen molar-refractivity contribution in [3.8, 4) is 0 Å². The number of Topliss-reactive ketones (excluding diaryl/α,β-unsaturated/α-hetero) is 1. The Bertz CT molecular complexity index is 381. The summed E-state index contributed by atoms with van der Waals surface area (Å²) in [5.41, 5.74) is 1.11. The van der Waals surface area contributed by atoms with Gasteiger partial charge in [0.25, 0.3) is 0 Å². The lowest BCUT2D eigenvalue weighted by molar-refractivity contribution is 0.0990. The smallest absolute Gasteiger partial charge is 0.187 e. The number of carbonyl (C=O) groups excluding carboxylic acids is 1. The number of carbonyl (C=O) groups is 1. The zero-order chi connectivity index (χ0) is 10.6. The number of nitrogens with zero attached hydrogens (tertiary/aromatic N) is 1. The lowest BCUT2D eigenvalue weighted by Gasteiger charge is -2.05. The maximum Gasteiger partial charge on any atom is 0.187 e. The van der Waals surface area contributed by atoms with E-state index in [0.29, 0.717) is 11.3 Å². The second-order valence-electron chi connectivity index (χ2n) is 2.90. The van der Waals surface area contributed by atoms with Crippen molar-refractivity contribution in [2.24, 2.45) is 0 Å². The Morgan fingerprint density at radius 3 is 2.93 bits per heavy atom. The second kappa shape index (κ2) is 4.92. The molecule has 0 saturated carbocycles. The number of rotatable bonds is 3. The zero-order valence-electron chi connectivity index (χ0n) is 7.83. The molecule has 1 unspecified atom stereocenters. The van der Waals surface area contributed by atoms with Gasteiger partial charge in [0.2, 0.25) is 0 Å². The molecule has 72 valence electrons.